The fourth-order valence-electron chi connectivity index (χ4n) is 1.45. The van der Waals surface area contributed by atoms with Gasteiger partial charge in [-0.05, 0) is 28.8 Å². The molecule has 8 N–H and O–H groups in total. The molecule has 0 spiro atoms. The summed E-state index contributed by atoms with van der Waals surface area (Å²) in [6, 6.07) is 3.70. The monoisotopic (exact) mass is 180 g/mol. The Morgan fingerprint density at radius 3 is 1.62 bits per heavy atom. The molecule has 0 heterocycles. The number of nitrogens with two attached hydrogens (primary N) is 4. The lowest BCUT2D eigenvalue weighted by atomic mass is 10.00. The van der Waals surface area contributed by atoms with Crippen LogP contribution < -0.4 is 22.9 Å². The average Bonchev–Trinajstić information content (AvgIpc) is 2.16. The van der Waals surface area contributed by atoms with Crippen LogP contribution in [0.5, 0.6) is 0 Å². The molecule has 4 heteroatoms. The normalized spacial score (nSPS) is 10.4. The zero-order chi connectivity index (χ0) is 9.84. The molecule has 0 saturated heterocycles. The second kappa shape index (κ2) is 4.23. The molecule has 1 aromatic carbocycles. The van der Waals surface area contributed by atoms with Crippen molar-refractivity contribution in [3.63, 3.8) is 0 Å². The van der Waals surface area contributed by atoms with Crippen molar-refractivity contribution in [2.45, 2.75) is 19.6 Å². The standard InChI is InChI=1S/C9H16N4/c10-3-6-1-8(13)2-7(4-11)9(6)5-12/h1-2H,3-5,10-13H2. The van der Waals surface area contributed by atoms with E-state index in [-0.39, 0.29) is 0 Å². The van der Waals surface area contributed by atoms with E-state index in [1.165, 1.54) is 0 Å². The number of hydrogen-bond acceptors (Lipinski definition) is 4. The number of nitrogen functional groups attached to an aromatic ring is 1. The van der Waals surface area contributed by atoms with Crippen LogP contribution in [0.1, 0.15) is 16.7 Å². The first-order valence-corrected chi connectivity index (χ1v) is 4.23. The van der Waals surface area contributed by atoms with Crippen molar-refractivity contribution in [1.82, 2.24) is 0 Å². The van der Waals surface area contributed by atoms with E-state index in [1.54, 1.807) is 0 Å². The highest BCUT2D eigenvalue weighted by molar-refractivity contribution is 5.49. The van der Waals surface area contributed by atoms with Gasteiger partial charge in [0.2, 0.25) is 0 Å². The highest BCUT2D eigenvalue weighted by Crippen LogP contribution is 2.18. The van der Waals surface area contributed by atoms with Crippen LogP contribution in [0.25, 0.3) is 0 Å². The van der Waals surface area contributed by atoms with Gasteiger partial charge in [0.05, 0.1) is 0 Å². The summed E-state index contributed by atoms with van der Waals surface area (Å²) in [6.45, 7) is 1.36. The van der Waals surface area contributed by atoms with Gasteiger partial charge in [0.1, 0.15) is 0 Å². The summed E-state index contributed by atoms with van der Waals surface area (Å²) < 4.78 is 0. The van der Waals surface area contributed by atoms with Crippen LogP contribution in [0.2, 0.25) is 0 Å². The molecular formula is C9H16N4. The van der Waals surface area contributed by atoms with Gasteiger partial charge in [-0.25, -0.2) is 0 Å². The van der Waals surface area contributed by atoms with Gasteiger partial charge >= 0.3 is 0 Å². The van der Waals surface area contributed by atoms with Crippen LogP contribution >= 0.6 is 0 Å². The second-order valence-electron chi connectivity index (χ2n) is 2.93. The van der Waals surface area contributed by atoms with Gasteiger partial charge in [0.25, 0.3) is 0 Å². The van der Waals surface area contributed by atoms with Crippen molar-refractivity contribution in [1.29, 1.82) is 0 Å². The van der Waals surface area contributed by atoms with E-state index in [2.05, 4.69) is 0 Å². The molecule has 0 radical (unpaired) electrons. The van der Waals surface area contributed by atoms with E-state index >= 15 is 0 Å². The molecule has 0 aliphatic heterocycles. The summed E-state index contributed by atoms with van der Waals surface area (Å²) in [5.74, 6) is 0. The molecule has 0 aliphatic rings. The summed E-state index contributed by atoms with van der Waals surface area (Å²) in [6.07, 6.45) is 0. The molecular weight excluding hydrogens is 164 g/mol. The summed E-state index contributed by atoms with van der Waals surface area (Å²) in [7, 11) is 0. The Kier molecular flexibility index (Phi) is 3.25. The molecule has 4 nitrogen and oxygen atoms in total. The minimum atomic E-state index is 0.449. The maximum atomic E-state index is 5.68. The highest BCUT2D eigenvalue weighted by atomic mass is 14.6. The van der Waals surface area contributed by atoms with Crippen LogP contribution in [-0.4, -0.2) is 0 Å². The summed E-state index contributed by atoms with van der Waals surface area (Å²) in [4.78, 5) is 0. The van der Waals surface area contributed by atoms with Crippen LogP contribution in [0.4, 0.5) is 5.69 Å². The Hall–Kier alpha value is -1.10. The Bertz CT molecular complexity index is 271. The van der Waals surface area contributed by atoms with Crippen LogP contribution in [-0.2, 0) is 19.6 Å². The fourth-order valence-corrected chi connectivity index (χ4v) is 1.45. The SMILES string of the molecule is NCc1cc(N)cc(CN)c1CN. The van der Waals surface area contributed by atoms with Crippen LogP contribution in [0, 0.1) is 0 Å². The lowest BCUT2D eigenvalue weighted by Gasteiger charge is -2.12. The first-order valence-electron chi connectivity index (χ1n) is 4.23. The molecule has 1 rings (SSSR count). The fraction of sp³-hybridized carbons (Fsp3) is 0.333. The minimum Gasteiger partial charge on any atom is -0.399 e. The van der Waals surface area contributed by atoms with Crippen molar-refractivity contribution in [3.05, 3.63) is 28.8 Å². The summed E-state index contributed by atoms with van der Waals surface area (Å²) >= 11 is 0. The van der Waals surface area contributed by atoms with Crippen molar-refractivity contribution >= 4 is 5.69 Å². The van der Waals surface area contributed by atoms with E-state index in [9.17, 15) is 0 Å². The van der Waals surface area contributed by atoms with Gasteiger partial charge in [-0.15, -0.1) is 0 Å². The minimum absolute atomic E-state index is 0.449. The van der Waals surface area contributed by atoms with E-state index in [0.717, 1.165) is 16.7 Å². The quantitative estimate of drug-likeness (QED) is 0.477. The molecule has 0 saturated carbocycles. The zero-order valence-electron chi connectivity index (χ0n) is 7.59. The third-order valence-corrected chi connectivity index (χ3v) is 2.10. The summed E-state index contributed by atoms with van der Waals surface area (Å²) in [5.41, 5.74) is 26.1. The van der Waals surface area contributed by atoms with Gasteiger partial charge in [-0.1, -0.05) is 0 Å². The molecule has 0 bridgehead atoms. The van der Waals surface area contributed by atoms with Crippen molar-refractivity contribution in [3.8, 4) is 0 Å². The summed E-state index contributed by atoms with van der Waals surface area (Å²) in [5, 5.41) is 0. The number of anilines is 1. The molecule has 0 atom stereocenters. The zero-order valence-corrected chi connectivity index (χ0v) is 7.59. The maximum Gasteiger partial charge on any atom is 0.0320 e. The van der Waals surface area contributed by atoms with Crippen LogP contribution in [0.15, 0.2) is 12.1 Å². The average molecular weight is 180 g/mol. The number of rotatable bonds is 3. The van der Waals surface area contributed by atoms with Crippen molar-refractivity contribution in [2.24, 2.45) is 17.2 Å². The molecule has 0 fully saturated rings. The van der Waals surface area contributed by atoms with Gasteiger partial charge in [0.15, 0.2) is 0 Å². The van der Waals surface area contributed by atoms with Crippen LogP contribution in [0.3, 0.4) is 0 Å². The topological polar surface area (TPSA) is 104 Å². The highest BCUT2D eigenvalue weighted by Gasteiger charge is 2.05. The lowest BCUT2D eigenvalue weighted by molar-refractivity contribution is 0.930. The maximum absolute atomic E-state index is 5.68. The van der Waals surface area contributed by atoms with Crippen molar-refractivity contribution < 1.29 is 0 Å². The Morgan fingerprint density at radius 1 is 0.846 bits per heavy atom. The van der Waals surface area contributed by atoms with Gasteiger partial charge < -0.3 is 22.9 Å². The second-order valence-corrected chi connectivity index (χ2v) is 2.93. The molecule has 0 amide bonds. The number of hydrogen-bond donors (Lipinski definition) is 4. The first kappa shape index (κ1) is 9.98. The Morgan fingerprint density at radius 2 is 1.31 bits per heavy atom. The van der Waals surface area contributed by atoms with Gasteiger partial charge in [0, 0.05) is 25.3 Å². The number of benzene rings is 1. The first-order chi connectivity index (χ1) is 6.22. The van der Waals surface area contributed by atoms with Gasteiger partial charge in [-0.2, -0.15) is 0 Å². The largest absolute Gasteiger partial charge is 0.399 e. The van der Waals surface area contributed by atoms with Crippen molar-refractivity contribution in [2.75, 3.05) is 5.73 Å². The van der Waals surface area contributed by atoms with E-state index in [1.807, 2.05) is 12.1 Å². The molecule has 0 unspecified atom stereocenters. The lowest BCUT2D eigenvalue weighted by Crippen LogP contribution is -2.12. The third-order valence-electron chi connectivity index (χ3n) is 2.10. The Labute approximate surface area is 77.9 Å². The smallest absolute Gasteiger partial charge is 0.0320 e. The molecule has 13 heavy (non-hydrogen) atoms. The Balaban J connectivity index is 3.25. The molecule has 1 aromatic rings. The van der Waals surface area contributed by atoms with Gasteiger partial charge in [-0.3, -0.25) is 0 Å². The molecule has 72 valence electrons. The molecule has 0 aromatic heterocycles. The molecule has 0 aliphatic carbocycles. The predicted molar refractivity (Wildman–Crippen MR) is 54.5 cm³/mol. The van der Waals surface area contributed by atoms with E-state index < -0.39 is 0 Å². The third kappa shape index (κ3) is 1.98. The predicted octanol–water partition coefficient (Wildman–Crippen LogP) is -0.355. The van der Waals surface area contributed by atoms with E-state index in [4.69, 9.17) is 22.9 Å². The van der Waals surface area contributed by atoms with E-state index in [0.29, 0.717) is 25.3 Å².